The Morgan fingerprint density at radius 2 is 1.96 bits per heavy atom. The molecule has 8 heteroatoms. The van der Waals surface area contributed by atoms with Crippen LogP contribution in [0.25, 0.3) is 5.69 Å². The average molecular weight is 349 g/mol. The summed E-state index contributed by atoms with van der Waals surface area (Å²) >= 11 is 0. The molecule has 3 aromatic rings. The van der Waals surface area contributed by atoms with Crippen LogP contribution < -0.4 is 0 Å². The van der Waals surface area contributed by atoms with Crippen LogP contribution in [0, 0.1) is 13.8 Å². The van der Waals surface area contributed by atoms with Gasteiger partial charge in [-0.25, -0.2) is 14.6 Å². The standard InChI is InChI=1S/C17H18F3N5/c1-11(24-8-7-21-13(24)3)9-16-22-12(2)23-25(16)15-6-4-5-14(10-15)17(18,19)20/h4-8,10-11H,9H2,1-3H3/t11-/m1/s1. The van der Waals surface area contributed by atoms with E-state index in [0.29, 0.717) is 23.8 Å². The van der Waals surface area contributed by atoms with Gasteiger partial charge in [-0.3, -0.25) is 0 Å². The Labute approximate surface area is 143 Å². The summed E-state index contributed by atoms with van der Waals surface area (Å²) in [5.41, 5.74) is -0.359. The third-order valence-electron chi connectivity index (χ3n) is 4.01. The van der Waals surface area contributed by atoms with Crippen LogP contribution in [-0.2, 0) is 12.6 Å². The average Bonchev–Trinajstić information content (AvgIpc) is 3.12. The van der Waals surface area contributed by atoms with Crippen molar-refractivity contribution in [3.63, 3.8) is 0 Å². The highest BCUT2D eigenvalue weighted by Gasteiger charge is 2.30. The molecule has 132 valence electrons. The van der Waals surface area contributed by atoms with E-state index in [0.717, 1.165) is 18.0 Å². The highest BCUT2D eigenvalue weighted by atomic mass is 19.4. The van der Waals surface area contributed by atoms with E-state index in [1.54, 1.807) is 19.2 Å². The maximum atomic E-state index is 13.0. The highest BCUT2D eigenvalue weighted by Crippen LogP contribution is 2.30. The zero-order chi connectivity index (χ0) is 18.2. The Bertz CT molecular complexity index is 879. The quantitative estimate of drug-likeness (QED) is 0.718. The van der Waals surface area contributed by atoms with E-state index in [9.17, 15) is 13.2 Å². The van der Waals surface area contributed by atoms with Crippen LogP contribution in [0.3, 0.4) is 0 Å². The lowest BCUT2D eigenvalue weighted by atomic mass is 10.2. The van der Waals surface area contributed by atoms with Crippen molar-refractivity contribution < 1.29 is 13.2 Å². The van der Waals surface area contributed by atoms with Crippen molar-refractivity contribution >= 4 is 0 Å². The Hall–Kier alpha value is -2.64. The number of rotatable bonds is 4. The molecule has 0 unspecified atom stereocenters. The fourth-order valence-electron chi connectivity index (χ4n) is 2.83. The summed E-state index contributed by atoms with van der Waals surface area (Å²) in [6, 6.07) is 5.16. The number of aryl methyl sites for hydroxylation is 2. The molecule has 3 rings (SSSR count). The number of nitrogens with zero attached hydrogens (tertiary/aromatic N) is 5. The van der Waals surface area contributed by atoms with Gasteiger partial charge in [-0.2, -0.15) is 18.3 Å². The molecule has 1 atom stereocenters. The van der Waals surface area contributed by atoms with E-state index >= 15 is 0 Å². The Morgan fingerprint density at radius 3 is 2.60 bits per heavy atom. The molecule has 0 aliphatic heterocycles. The number of alkyl halides is 3. The van der Waals surface area contributed by atoms with E-state index in [1.807, 2.05) is 24.6 Å². The Balaban J connectivity index is 1.95. The van der Waals surface area contributed by atoms with Crippen LogP contribution in [0.2, 0.25) is 0 Å². The minimum Gasteiger partial charge on any atom is -0.332 e. The summed E-state index contributed by atoms with van der Waals surface area (Å²) in [5, 5.41) is 4.27. The van der Waals surface area contributed by atoms with Crippen molar-refractivity contribution in [1.82, 2.24) is 24.3 Å². The molecular weight excluding hydrogens is 331 g/mol. The van der Waals surface area contributed by atoms with Gasteiger partial charge in [0.1, 0.15) is 17.5 Å². The molecule has 0 amide bonds. The van der Waals surface area contributed by atoms with Gasteiger partial charge in [0, 0.05) is 24.9 Å². The van der Waals surface area contributed by atoms with Gasteiger partial charge in [-0.05, 0) is 39.0 Å². The minimum absolute atomic E-state index is 0.0515. The van der Waals surface area contributed by atoms with Crippen LogP contribution >= 0.6 is 0 Å². The summed E-state index contributed by atoms with van der Waals surface area (Å²) in [5.74, 6) is 1.99. The molecule has 0 N–H and O–H groups in total. The van der Waals surface area contributed by atoms with Gasteiger partial charge in [-0.15, -0.1) is 0 Å². The summed E-state index contributed by atoms with van der Waals surface area (Å²) in [4.78, 5) is 8.59. The first-order chi connectivity index (χ1) is 11.8. The zero-order valence-corrected chi connectivity index (χ0v) is 14.1. The minimum atomic E-state index is -4.40. The molecule has 25 heavy (non-hydrogen) atoms. The fourth-order valence-corrected chi connectivity index (χ4v) is 2.83. The molecule has 0 spiro atoms. The number of benzene rings is 1. The normalized spacial score (nSPS) is 13.2. The second-order valence-electron chi connectivity index (χ2n) is 5.97. The third-order valence-corrected chi connectivity index (χ3v) is 4.01. The van der Waals surface area contributed by atoms with Gasteiger partial charge in [-0.1, -0.05) is 6.07 Å². The monoisotopic (exact) mass is 349 g/mol. The second-order valence-corrected chi connectivity index (χ2v) is 5.97. The largest absolute Gasteiger partial charge is 0.416 e. The van der Waals surface area contributed by atoms with E-state index in [2.05, 4.69) is 15.1 Å². The topological polar surface area (TPSA) is 48.5 Å². The van der Waals surface area contributed by atoms with Crippen LogP contribution in [0.4, 0.5) is 13.2 Å². The van der Waals surface area contributed by atoms with Crippen LogP contribution in [0.15, 0.2) is 36.7 Å². The van der Waals surface area contributed by atoms with Crippen molar-refractivity contribution in [2.24, 2.45) is 0 Å². The second kappa shape index (κ2) is 6.34. The number of hydrogen-bond donors (Lipinski definition) is 0. The van der Waals surface area contributed by atoms with Gasteiger partial charge in [0.2, 0.25) is 0 Å². The van der Waals surface area contributed by atoms with E-state index in [1.165, 1.54) is 10.7 Å². The predicted octanol–water partition coefficient (Wildman–Crippen LogP) is 3.90. The van der Waals surface area contributed by atoms with Crippen molar-refractivity contribution in [1.29, 1.82) is 0 Å². The van der Waals surface area contributed by atoms with Gasteiger partial charge in [0.15, 0.2) is 0 Å². The van der Waals surface area contributed by atoms with Gasteiger partial charge in [0.05, 0.1) is 11.3 Å². The first-order valence-electron chi connectivity index (χ1n) is 7.85. The van der Waals surface area contributed by atoms with Crippen molar-refractivity contribution in [2.45, 2.75) is 39.4 Å². The molecule has 0 saturated carbocycles. The maximum absolute atomic E-state index is 13.0. The summed E-state index contributed by atoms with van der Waals surface area (Å²) in [6.45, 7) is 5.63. The number of imidazole rings is 1. The smallest absolute Gasteiger partial charge is 0.332 e. The lowest BCUT2D eigenvalue weighted by molar-refractivity contribution is -0.137. The van der Waals surface area contributed by atoms with Crippen LogP contribution in [0.5, 0.6) is 0 Å². The molecule has 0 radical (unpaired) electrons. The Morgan fingerprint density at radius 1 is 1.20 bits per heavy atom. The van der Waals surface area contributed by atoms with Crippen LogP contribution in [-0.4, -0.2) is 24.3 Å². The van der Waals surface area contributed by atoms with Gasteiger partial charge < -0.3 is 4.57 Å². The fraction of sp³-hybridized carbons (Fsp3) is 0.353. The number of hydrogen-bond acceptors (Lipinski definition) is 3. The van der Waals surface area contributed by atoms with Crippen molar-refractivity contribution in [3.8, 4) is 5.69 Å². The first-order valence-corrected chi connectivity index (χ1v) is 7.85. The molecular formula is C17H18F3N5. The van der Waals surface area contributed by atoms with E-state index < -0.39 is 11.7 Å². The van der Waals surface area contributed by atoms with Crippen molar-refractivity contribution in [3.05, 3.63) is 59.7 Å². The number of halogens is 3. The first kappa shape index (κ1) is 17.2. The third kappa shape index (κ3) is 3.57. The van der Waals surface area contributed by atoms with Gasteiger partial charge in [0.25, 0.3) is 0 Å². The molecule has 0 aliphatic carbocycles. The molecule has 0 saturated heterocycles. The lowest BCUT2D eigenvalue weighted by Crippen LogP contribution is -2.13. The molecule has 2 aromatic heterocycles. The number of aromatic nitrogens is 5. The zero-order valence-electron chi connectivity index (χ0n) is 14.1. The molecule has 1 aromatic carbocycles. The Kier molecular flexibility index (Phi) is 4.36. The molecule has 0 aliphatic rings. The predicted molar refractivity (Wildman–Crippen MR) is 86.5 cm³/mol. The molecule has 0 bridgehead atoms. The summed E-state index contributed by atoms with van der Waals surface area (Å²) in [7, 11) is 0. The molecule has 5 nitrogen and oxygen atoms in total. The van der Waals surface area contributed by atoms with Gasteiger partial charge >= 0.3 is 6.18 Å². The SMILES string of the molecule is Cc1nc(C[C@@H](C)n2ccnc2C)n(-c2cccc(C(F)(F)F)c2)n1. The highest BCUT2D eigenvalue weighted by molar-refractivity contribution is 5.37. The maximum Gasteiger partial charge on any atom is 0.416 e. The van der Waals surface area contributed by atoms with E-state index in [-0.39, 0.29) is 6.04 Å². The summed E-state index contributed by atoms with van der Waals surface area (Å²) < 4.78 is 42.4. The summed E-state index contributed by atoms with van der Waals surface area (Å²) in [6.07, 6.45) is -0.284. The van der Waals surface area contributed by atoms with Crippen LogP contribution in [0.1, 0.15) is 36.0 Å². The van der Waals surface area contributed by atoms with E-state index in [4.69, 9.17) is 0 Å². The molecule has 0 fully saturated rings. The molecule has 2 heterocycles. The van der Waals surface area contributed by atoms with Crippen molar-refractivity contribution in [2.75, 3.05) is 0 Å². The lowest BCUT2D eigenvalue weighted by Gasteiger charge is -2.15.